The molecule has 160 valence electrons. The van der Waals surface area contributed by atoms with E-state index in [0.29, 0.717) is 0 Å². The monoisotopic (exact) mass is 436 g/mol. The van der Waals surface area contributed by atoms with Gasteiger partial charge >= 0.3 is 12.1 Å². The maximum absolute atomic E-state index is 12.7. The maximum atomic E-state index is 12.7. The third-order valence-electron chi connectivity index (χ3n) is 6.04. The SMILES string of the molecule is Cc1c(COC(=O)C[C@@H]2[C@H](/C=C(\Cl)C(F)(F)F)C2(C)C)cccc1-c1ccccc1. The lowest BCUT2D eigenvalue weighted by Gasteiger charge is -2.12. The van der Waals surface area contributed by atoms with Gasteiger partial charge in [-0.2, -0.15) is 13.2 Å². The molecular weight excluding hydrogens is 413 g/mol. The molecule has 0 radical (unpaired) electrons. The van der Waals surface area contributed by atoms with Crippen molar-refractivity contribution in [1.82, 2.24) is 0 Å². The number of alkyl halides is 3. The number of ether oxygens (including phenoxy) is 1. The number of carbonyl (C=O) groups is 1. The molecule has 0 bridgehead atoms. The van der Waals surface area contributed by atoms with Gasteiger partial charge in [0.05, 0.1) is 0 Å². The molecule has 0 aromatic heterocycles. The largest absolute Gasteiger partial charge is 0.461 e. The lowest BCUT2D eigenvalue weighted by molar-refractivity contribution is -0.145. The molecule has 0 N–H and O–H groups in total. The van der Waals surface area contributed by atoms with Crippen LogP contribution in [0.4, 0.5) is 13.2 Å². The standard InChI is InChI=1S/C24H24ClF3O2/c1-15-17(10-7-11-18(15)16-8-5-4-6-9-16)14-30-22(29)13-20-19(23(20,2)3)12-21(25)24(26,27)28/h4-12,19-20H,13-14H2,1-3H3/b21-12-/t19-,20+/m0/s1. The van der Waals surface area contributed by atoms with Crippen molar-refractivity contribution < 1.29 is 22.7 Å². The van der Waals surface area contributed by atoms with Gasteiger partial charge in [0.2, 0.25) is 0 Å². The van der Waals surface area contributed by atoms with E-state index in [2.05, 4.69) is 0 Å². The number of carbonyl (C=O) groups excluding carboxylic acids is 1. The van der Waals surface area contributed by atoms with Crippen molar-refractivity contribution >= 4 is 17.6 Å². The van der Waals surface area contributed by atoms with Gasteiger partial charge in [0.1, 0.15) is 11.6 Å². The van der Waals surface area contributed by atoms with Crippen molar-refractivity contribution in [3.05, 3.63) is 70.8 Å². The summed E-state index contributed by atoms with van der Waals surface area (Å²) in [5, 5.41) is -1.13. The van der Waals surface area contributed by atoms with Crippen molar-refractivity contribution in [2.45, 2.75) is 40.0 Å². The summed E-state index contributed by atoms with van der Waals surface area (Å²) in [6.45, 7) is 5.78. The summed E-state index contributed by atoms with van der Waals surface area (Å²) in [5.74, 6) is -1.04. The van der Waals surface area contributed by atoms with Crippen LogP contribution in [0.15, 0.2) is 59.6 Å². The molecule has 0 spiro atoms. The Labute approximate surface area is 179 Å². The summed E-state index contributed by atoms with van der Waals surface area (Å²) in [5.41, 5.74) is 3.66. The number of allylic oxidation sites excluding steroid dienone is 2. The highest BCUT2D eigenvalue weighted by Gasteiger charge is 2.57. The molecule has 2 nitrogen and oxygen atoms in total. The predicted molar refractivity (Wildman–Crippen MR) is 112 cm³/mol. The molecule has 0 unspecified atom stereocenters. The highest BCUT2D eigenvalue weighted by molar-refractivity contribution is 6.30. The second-order valence-electron chi connectivity index (χ2n) is 8.29. The quantitative estimate of drug-likeness (QED) is 0.453. The van der Waals surface area contributed by atoms with Crippen molar-refractivity contribution in [1.29, 1.82) is 0 Å². The van der Waals surface area contributed by atoms with E-state index in [9.17, 15) is 18.0 Å². The second-order valence-corrected chi connectivity index (χ2v) is 8.69. The summed E-state index contributed by atoms with van der Waals surface area (Å²) in [4.78, 5) is 12.4. The van der Waals surface area contributed by atoms with Gasteiger partial charge in [0, 0.05) is 6.42 Å². The molecular formula is C24H24ClF3O2. The Hall–Kier alpha value is -2.27. The van der Waals surface area contributed by atoms with Crippen molar-refractivity contribution in [3.63, 3.8) is 0 Å². The molecule has 0 saturated heterocycles. The molecule has 0 aliphatic heterocycles. The first-order valence-electron chi connectivity index (χ1n) is 9.76. The third kappa shape index (κ3) is 4.89. The Morgan fingerprint density at radius 2 is 1.80 bits per heavy atom. The molecule has 1 aliphatic rings. The normalized spacial score (nSPS) is 20.7. The highest BCUT2D eigenvalue weighted by atomic mass is 35.5. The Kier molecular flexibility index (Phi) is 6.32. The van der Waals surface area contributed by atoms with Crippen molar-refractivity contribution in [2.75, 3.05) is 0 Å². The molecule has 30 heavy (non-hydrogen) atoms. The fraction of sp³-hybridized carbons (Fsp3) is 0.375. The molecule has 3 rings (SSSR count). The van der Waals surface area contributed by atoms with Crippen LogP contribution >= 0.6 is 11.6 Å². The lowest BCUT2D eigenvalue weighted by Crippen LogP contribution is -2.08. The number of rotatable bonds is 6. The van der Waals surface area contributed by atoms with Crippen LogP contribution in [0.5, 0.6) is 0 Å². The second kappa shape index (κ2) is 8.46. The third-order valence-corrected chi connectivity index (χ3v) is 6.38. The van der Waals surface area contributed by atoms with E-state index < -0.39 is 28.5 Å². The van der Waals surface area contributed by atoms with Gasteiger partial charge in [0.15, 0.2) is 0 Å². The zero-order chi connectivity index (χ0) is 22.1. The fourth-order valence-electron chi connectivity index (χ4n) is 3.93. The Balaban J connectivity index is 1.62. The van der Waals surface area contributed by atoms with E-state index in [1.807, 2.05) is 69.3 Å². The van der Waals surface area contributed by atoms with Gasteiger partial charge in [-0.3, -0.25) is 4.79 Å². The highest BCUT2D eigenvalue weighted by Crippen LogP contribution is 2.61. The summed E-state index contributed by atoms with van der Waals surface area (Å²) in [6.07, 6.45) is -3.48. The molecule has 1 fully saturated rings. The number of benzene rings is 2. The summed E-state index contributed by atoms with van der Waals surface area (Å²) in [6, 6.07) is 15.8. The van der Waals surface area contributed by atoms with Crippen LogP contribution in [0.3, 0.4) is 0 Å². The molecule has 2 aromatic rings. The Morgan fingerprint density at radius 3 is 2.43 bits per heavy atom. The topological polar surface area (TPSA) is 26.3 Å². The van der Waals surface area contributed by atoms with Gasteiger partial charge in [-0.1, -0.05) is 80.1 Å². The number of esters is 1. The zero-order valence-electron chi connectivity index (χ0n) is 17.1. The molecule has 1 aliphatic carbocycles. The molecule has 1 saturated carbocycles. The fourth-order valence-corrected chi connectivity index (χ4v) is 4.06. The first-order valence-corrected chi connectivity index (χ1v) is 10.1. The summed E-state index contributed by atoms with van der Waals surface area (Å²) >= 11 is 5.36. The van der Waals surface area contributed by atoms with Gasteiger partial charge in [-0.15, -0.1) is 0 Å². The number of hydrogen-bond acceptors (Lipinski definition) is 2. The maximum Gasteiger partial charge on any atom is 0.426 e. The van der Waals surface area contributed by atoms with Crippen LogP contribution in [0.1, 0.15) is 31.4 Å². The zero-order valence-corrected chi connectivity index (χ0v) is 17.8. The first-order chi connectivity index (χ1) is 14.0. The molecule has 0 heterocycles. The van der Waals surface area contributed by atoms with Gasteiger partial charge < -0.3 is 4.74 Å². The molecule has 0 amide bonds. The minimum Gasteiger partial charge on any atom is -0.461 e. The Bertz CT molecular complexity index is 949. The van der Waals surface area contributed by atoms with Gasteiger partial charge in [-0.25, -0.2) is 0 Å². The van der Waals surface area contributed by atoms with E-state index in [1.54, 1.807) is 0 Å². The summed E-state index contributed by atoms with van der Waals surface area (Å²) in [7, 11) is 0. The Morgan fingerprint density at radius 1 is 1.13 bits per heavy atom. The molecule has 2 aromatic carbocycles. The van der Waals surface area contributed by atoms with Crippen molar-refractivity contribution in [3.8, 4) is 11.1 Å². The smallest absolute Gasteiger partial charge is 0.426 e. The molecule has 6 heteroatoms. The van der Waals surface area contributed by atoms with Gasteiger partial charge in [-0.05, 0) is 46.4 Å². The minimum absolute atomic E-state index is 0.0631. The lowest BCUT2D eigenvalue weighted by atomic mass is 9.97. The predicted octanol–water partition coefficient (Wildman–Crippen LogP) is 7.05. The van der Waals surface area contributed by atoms with Crippen LogP contribution < -0.4 is 0 Å². The van der Waals surface area contributed by atoms with Crippen LogP contribution in [-0.2, 0) is 16.1 Å². The average Bonchev–Trinajstić information content (AvgIpc) is 3.19. The van der Waals surface area contributed by atoms with E-state index >= 15 is 0 Å². The van der Waals surface area contributed by atoms with E-state index in [4.69, 9.17) is 16.3 Å². The average molecular weight is 437 g/mol. The van der Waals surface area contributed by atoms with Gasteiger partial charge in [0.25, 0.3) is 0 Å². The molecule has 2 atom stereocenters. The van der Waals surface area contributed by atoms with Crippen LogP contribution in [-0.4, -0.2) is 12.1 Å². The summed E-state index contributed by atoms with van der Waals surface area (Å²) < 4.78 is 43.5. The van der Waals surface area contributed by atoms with Crippen molar-refractivity contribution in [2.24, 2.45) is 17.3 Å². The number of hydrogen-bond donors (Lipinski definition) is 0. The van der Waals surface area contributed by atoms with E-state index in [0.717, 1.165) is 28.3 Å². The first kappa shape index (κ1) is 22.4. The van der Waals surface area contributed by atoms with E-state index in [-0.39, 0.29) is 18.9 Å². The number of halogens is 4. The van der Waals surface area contributed by atoms with Crippen LogP contribution in [0.2, 0.25) is 0 Å². The van der Waals surface area contributed by atoms with Crippen LogP contribution in [0, 0.1) is 24.2 Å². The van der Waals surface area contributed by atoms with Crippen LogP contribution in [0.25, 0.3) is 11.1 Å². The van der Waals surface area contributed by atoms with E-state index in [1.165, 1.54) is 0 Å². The minimum atomic E-state index is -4.56.